The van der Waals surface area contributed by atoms with E-state index in [1.165, 1.54) is 5.69 Å². The molecule has 1 aromatic rings. The van der Waals surface area contributed by atoms with Crippen LogP contribution in [0.4, 0.5) is 0 Å². The van der Waals surface area contributed by atoms with Crippen LogP contribution in [0.5, 0.6) is 0 Å². The van der Waals surface area contributed by atoms with Gasteiger partial charge < -0.3 is 10.1 Å². The van der Waals surface area contributed by atoms with E-state index in [-0.39, 0.29) is 11.6 Å². The van der Waals surface area contributed by atoms with Gasteiger partial charge in [0.15, 0.2) is 0 Å². The highest BCUT2D eigenvalue weighted by atomic mass is 79.9. The van der Waals surface area contributed by atoms with Crippen LogP contribution in [-0.2, 0) is 24.1 Å². The lowest BCUT2D eigenvalue weighted by Crippen LogP contribution is -2.36. The van der Waals surface area contributed by atoms with Crippen molar-refractivity contribution in [2.24, 2.45) is 0 Å². The van der Waals surface area contributed by atoms with E-state index in [2.05, 4.69) is 65.6 Å². The third kappa shape index (κ3) is 4.86. The highest BCUT2D eigenvalue weighted by Crippen LogP contribution is 2.24. The Morgan fingerprint density at radius 3 is 2.45 bits per heavy atom. The van der Waals surface area contributed by atoms with E-state index < -0.39 is 0 Å². The van der Waals surface area contributed by atoms with Gasteiger partial charge in [-0.15, -0.1) is 0 Å². The summed E-state index contributed by atoms with van der Waals surface area (Å²) >= 11 is 3.70. The van der Waals surface area contributed by atoms with E-state index in [0.717, 1.165) is 29.6 Å². The lowest BCUT2D eigenvalue weighted by molar-refractivity contribution is -0.0137. The lowest BCUT2D eigenvalue weighted by atomic mass is 10.1. The van der Waals surface area contributed by atoms with E-state index in [9.17, 15) is 0 Å². The Kier molecular flexibility index (Phi) is 6.69. The van der Waals surface area contributed by atoms with Gasteiger partial charge in [0.05, 0.1) is 28.1 Å². The number of nitrogens with zero attached hydrogens (tertiary/aromatic N) is 2. The Bertz CT molecular complexity index is 423. The molecule has 1 N–H and O–H groups in total. The van der Waals surface area contributed by atoms with Crippen molar-refractivity contribution in [1.29, 1.82) is 0 Å². The van der Waals surface area contributed by atoms with E-state index in [1.54, 1.807) is 0 Å². The van der Waals surface area contributed by atoms with Crippen LogP contribution in [0.3, 0.4) is 0 Å². The maximum absolute atomic E-state index is 5.89. The van der Waals surface area contributed by atoms with Crippen LogP contribution in [0.15, 0.2) is 4.47 Å². The molecule has 1 rings (SSSR count). The quantitative estimate of drug-likeness (QED) is 0.824. The highest BCUT2D eigenvalue weighted by molar-refractivity contribution is 9.10. The fourth-order valence-corrected chi connectivity index (χ4v) is 2.77. The molecule has 1 unspecified atom stereocenters. The summed E-state index contributed by atoms with van der Waals surface area (Å²) in [4.78, 5) is 0. The first-order valence-corrected chi connectivity index (χ1v) is 8.16. The molecule has 0 bridgehead atoms. The topological polar surface area (TPSA) is 39.1 Å². The monoisotopic (exact) mass is 345 g/mol. The fraction of sp³-hybridized carbons (Fsp3) is 0.800. The summed E-state index contributed by atoms with van der Waals surface area (Å²) in [6.07, 6.45) is 1.86. The molecular weight excluding hydrogens is 318 g/mol. The van der Waals surface area contributed by atoms with Crippen LogP contribution in [0.2, 0.25) is 0 Å². The molecular formula is C15H28BrN3O. The Balaban J connectivity index is 2.81. The molecule has 0 aromatic carbocycles. The van der Waals surface area contributed by atoms with Crippen molar-refractivity contribution >= 4 is 15.9 Å². The second-order valence-electron chi connectivity index (χ2n) is 5.99. The molecule has 116 valence electrons. The molecule has 0 fully saturated rings. The van der Waals surface area contributed by atoms with Gasteiger partial charge in [0.2, 0.25) is 0 Å². The summed E-state index contributed by atoms with van der Waals surface area (Å²) in [5.74, 6) is 0. The summed E-state index contributed by atoms with van der Waals surface area (Å²) < 4.78 is 9.13. The van der Waals surface area contributed by atoms with Gasteiger partial charge in [0.1, 0.15) is 0 Å². The number of nitrogens with one attached hydrogen (secondary N) is 1. The molecule has 5 heteroatoms. The second-order valence-corrected chi connectivity index (χ2v) is 6.78. The zero-order chi connectivity index (χ0) is 15.3. The molecule has 0 saturated carbocycles. The minimum absolute atomic E-state index is 0.105. The lowest BCUT2D eigenvalue weighted by Gasteiger charge is -2.24. The van der Waals surface area contributed by atoms with E-state index in [1.807, 2.05) is 7.05 Å². The van der Waals surface area contributed by atoms with Gasteiger partial charge in [-0.2, -0.15) is 5.10 Å². The Labute approximate surface area is 131 Å². The molecule has 0 radical (unpaired) electrons. The van der Waals surface area contributed by atoms with Crippen LogP contribution in [0.25, 0.3) is 0 Å². The van der Waals surface area contributed by atoms with Crippen LogP contribution >= 0.6 is 15.9 Å². The molecule has 20 heavy (non-hydrogen) atoms. The number of hydrogen-bond donors (Lipinski definition) is 1. The Morgan fingerprint density at radius 2 is 2.00 bits per heavy atom. The molecule has 0 aliphatic rings. The van der Waals surface area contributed by atoms with Crippen LogP contribution in [0.1, 0.15) is 46.0 Å². The van der Waals surface area contributed by atoms with E-state index in [0.29, 0.717) is 6.61 Å². The SMILES string of the molecule is CCc1nn(CC)c(CC(COC(C)(C)C)NC)c1Br. The smallest absolute Gasteiger partial charge is 0.0766 e. The summed E-state index contributed by atoms with van der Waals surface area (Å²) in [6.45, 7) is 12.1. The van der Waals surface area contributed by atoms with Gasteiger partial charge >= 0.3 is 0 Å². The maximum Gasteiger partial charge on any atom is 0.0766 e. The number of likely N-dealkylation sites (N-methyl/N-ethyl adjacent to an activating group) is 1. The Morgan fingerprint density at radius 1 is 1.35 bits per heavy atom. The van der Waals surface area contributed by atoms with E-state index in [4.69, 9.17) is 4.74 Å². The number of rotatable bonds is 7. The fourth-order valence-electron chi connectivity index (χ4n) is 2.04. The molecule has 1 atom stereocenters. The first kappa shape index (κ1) is 17.7. The maximum atomic E-state index is 5.89. The zero-order valence-electron chi connectivity index (χ0n) is 13.6. The average molecular weight is 346 g/mol. The first-order valence-electron chi connectivity index (χ1n) is 7.37. The number of aryl methyl sites for hydroxylation is 2. The molecule has 4 nitrogen and oxygen atoms in total. The largest absolute Gasteiger partial charge is 0.374 e. The predicted octanol–water partition coefficient (Wildman–Crippen LogP) is 3.17. The second kappa shape index (κ2) is 7.57. The van der Waals surface area contributed by atoms with Crippen molar-refractivity contribution in [3.63, 3.8) is 0 Å². The number of ether oxygens (including phenoxy) is 1. The molecule has 0 aliphatic carbocycles. The van der Waals surface area contributed by atoms with Gasteiger partial charge in [-0.25, -0.2) is 0 Å². The standard InChI is InChI=1S/C15H28BrN3O/c1-7-12-14(16)13(19(8-2)18-12)9-11(17-6)10-20-15(3,4)5/h11,17H,7-10H2,1-6H3. The van der Waals surface area contributed by atoms with Gasteiger partial charge in [0.25, 0.3) is 0 Å². The van der Waals surface area contributed by atoms with Gasteiger partial charge in [0, 0.05) is 19.0 Å². The zero-order valence-corrected chi connectivity index (χ0v) is 15.2. The normalized spacial score (nSPS) is 13.8. The van der Waals surface area contributed by atoms with E-state index >= 15 is 0 Å². The van der Waals surface area contributed by atoms with Crippen molar-refractivity contribution in [2.45, 2.75) is 65.6 Å². The van der Waals surface area contributed by atoms with Gasteiger partial charge in [-0.1, -0.05) is 6.92 Å². The third-order valence-electron chi connectivity index (χ3n) is 3.26. The van der Waals surface area contributed by atoms with Crippen LogP contribution in [0, 0.1) is 0 Å². The minimum atomic E-state index is -0.105. The summed E-state index contributed by atoms with van der Waals surface area (Å²) in [5, 5.41) is 7.99. The molecule has 0 saturated heterocycles. The number of halogens is 1. The van der Waals surface area contributed by atoms with Crippen LogP contribution < -0.4 is 5.32 Å². The molecule has 1 aromatic heterocycles. The Hall–Kier alpha value is -0.390. The molecule has 0 spiro atoms. The average Bonchev–Trinajstić information content (AvgIpc) is 2.69. The van der Waals surface area contributed by atoms with Crippen molar-refractivity contribution in [3.05, 3.63) is 15.9 Å². The molecule has 0 amide bonds. The molecule has 0 aliphatic heterocycles. The number of aromatic nitrogens is 2. The predicted molar refractivity (Wildman–Crippen MR) is 87.2 cm³/mol. The first-order chi connectivity index (χ1) is 9.32. The van der Waals surface area contributed by atoms with Crippen molar-refractivity contribution in [1.82, 2.24) is 15.1 Å². The summed E-state index contributed by atoms with van der Waals surface area (Å²) in [5.41, 5.74) is 2.28. The van der Waals surface area contributed by atoms with Crippen molar-refractivity contribution < 1.29 is 4.74 Å². The minimum Gasteiger partial charge on any atom is -0.374 e. The highest BCUT2D eigenvalue weighted by Gasteiger charge is 2.20. The number of hydrogen-bond acceptors (Lipinski definition) is 3. The third-order valence-corrected chi connectivity index (χ3v) is 4.18. The van der Waals surface area contributed by atoms with Gasteiger partial charge in [-0.05, 0) is 57.1 Å². The summed E-state index contributed by atoms with van der Waals surface area (Å²) in [7, 11) is 1.98. The van der Waals surface area contributed by atoms with Crippen molar-refractivity contribution in [3.8, 4) is 0 Å². The van der Waals surface area contributed by atoms with Crippen LogP contribution in [-0.4, -0.2) is 35.1 Å². The van der Waals surface area contributed by atoms with Crippen molar-refractivity contribution in [2.75, 3.05) is 13.7 Å². The molecule has 1 heterocycles. The summed E-state index contributed by atoms with van der Waals surface area (Å²) in [6, 6.07) is 0.289. The van der Waals surface area contributed by atoms with Gasteiger partial charge in [-0.3, -0.25) is 4.68 Å².